The van der Waals surface area contributed by atoms with Crippen molar-refractivity contribution in [2.75, 3.05) is 31.6 Å². The molecule has 1 aromatic carbocycles. The molecule has 4 nitrogen and oxygen atoms in total. The second-order valence-electron chi connectivity index (χ2n) is 8.04. The number of carbonyl (C=O) groups excluding carboxylic acids is 1. The second-order valence-corrected chi connectivity index (χ2v) is 8.82. The van der Waals surface area contributed by atoms with Crippen LogP contribution in [0.3, 0.4) is 0 Å². The lowest BCUT2D eigenvalue weighted by molar-refractivity contribution is -0.121. The highest BCUT2D eigenvalue weighted by Gasteiger charge is 2.32. The van der Waals surface area contributed by atoms with Crippen LogP contribution in [0.15, 0.2) is 18.2 Å². The third-order valence-electron chi connectivity index (χ3n) is 6.18. The lowest BCUT2D eigenvalue weighted by atomic mass is 9.84. The number of anilines is 1. The van der Waals surface area contributed by atoms with E-state index in [1.807, 2.05) is 25.1 Å². The van der Waals surface area contributed by atoms with Gasteiger partial charge in [-0.3, -0.25) is 9.69 Å². The molecule has 2 fully saturated rings. The third-order valence-corrected chi connectivity index (χ3v) is 6.99. The van der Waals surface area contributed by atoms with Gasteiger partial charge in [0.2, 0.25) is 5.91 Å². The van der Waals surface area contributed by atoms with Crippen molar-refractivity contribution < 1.29 is 4.79 Å². The zero-order valence-electron chi connectivity index (χ0n) is 16.4. The molecule has 3 rings (SSSR count). The molecule has 0 atom stereocenters. The van der Waals surface area contributed by atoms with Crippen LogP contribution in [0, 0.1) is 5.92 Å². The molecule has 2 aliphatic rings. The van der Waals surface area contributed by atoms with Gasteiger partial charge in [-0.15, -0.1) is 0 Å². The molecule has 1 aromatic rings. The average Bonchev–Trinajstić information content (AvgIpc) is 2.63. The predicted molar refractivity (Wildman–Crippen MR) is 114 cm³/mol. The molecule has 27 heavy (non-hydrogen) atoms. The van der Waals surface area contributed by atoms with Crippen molar-refractivity contribution in [2.45, 2.75) is 57.5 Å². The number of rotatable bonds is 7. The van der Waals surface area contributed by atoms with Gasteiger partial charge in [-0.25, -0.2) is 0 Å². The van der Waals surface area contributed by atoms with Gasteiger partial charge in [-0.05, 0) is 63.7 Å². The number of amides is 1. The minimum absolute atomic E-state index is 0.188. The molecule has 1 N–H and O–H groups in total. The summed E-state index contributed by atoms with van der Waals surface area (Å²) in [4.78, 5) is 16.3. The number of halogens is 2. The van der Waals surface area contributed by atoms with Crippen LogP contribution in [-0.2, 0) is 4.79 Å². The van der Waals surface area contributed by atoms with E-state index in [1.165, 1.54) is 19.3 Å². The summed E-state index contributed by atoms with van der Waals surface area (Å²) in [6, 6.07) is 6.81. The maximum absolute atomic E-state index is 11.5. The molecule has 0 unspecified atom stereocenters. The van der Waals surface area contributed by atoms with E-state index in [9.17, 15) is 4.79 Å². The van der Waals surface area contributed by atoms with Gasteiger partial charge in [0.15, 0.2) is 0 Å². The zero-order chi connectivity index (χ0) is 19.4. The number of benzene rings is 1. The molecule has 1 saturated heterocycles. The van der Waals surface area contributed by atoms with Crippen molar-refractivity contribution in [3.05, 3.63) is 28.2 Å². The van der Waals surface area contributed by atoms with Gasteiger partial charge in [0, 0.05) is 31.6 Å². The first-order valence-corrected chi connectivity index (χ1v) is 10.9. The van der Waals surface area contributed by atoms with Gasteiger partial charge < -0.3 is 10.2 Å². The van der Waals surface area contributed by atoms with Crippen LogP contribution < -0.4 is 10.2 Å². The van der Waals surface area contributed by atoms with Crippen molar-refractivity contribution in [3.8, 4) is 0 Å². The molecular formula is C21H31Cl2N3O. The van der Waals surface area contributed by atoms with Crippen LogP contribution in [0.1, 0.15) is 45.4 Å². The molecule has 1 saturated carbocycles. The molecule has 0 aromatic heterocycles. The quantitative estimate of drug-likeness (QED) is 0.712. The van der Waals surface area contributed by atoms with Crippen LogP contribution in [0.5, 0.6) is 0 Å². The number of carbonyl (C=O) groups is 1. The first-order chi connectivity index (χ1) is 13.0. The van der Waals surface area contributed by atoms with Crippen molar-refractivity contribution in [2.24, 2.45) is 5.92 Å². The first kappa shape index (κ1) is 20.8. The third kappa shape index (κ3) is 5.30. The Morgan fingerprint density at radius 2 is 1.93 bits per heavy atom. The van der Waals surface area contributed by atoms with Crippen LogP contribution in [0.25, 0.3) is 0 Å². The van der Waals surface area contributed by atoms with E-state index < -0.39 is 0 Å². The Bertz CT molecular complexity index is 640. The lowest BCUT2D eigenvalue weighted by Crippen LogP contribution is -2.58. The van der Waals surface area contributed by atoms with Gasteiger partial charge in [0.05, 0.1) is 15.7 Å². The molecule has 150 valence electrons. The van der Waals surface area contributed by atoms with E-state index >= 15 is 0 Å². The van der Waals surface area contributed by atoms with Crippen LogP contribution in [-0.4, -0.2) is 49.6 Å². The summed E-state index contributed by atoms with van der Waals surface area (Å²) in [6.45, 7) is 5.07. The van der Waals surface area contributed by atoms with Crippen LogP contribution >= 0.6 is 23.2 Å². The molecule has 0 radical (unpaired) electrons. The molecule has 1 aliphatic heterocycles. The van der Waals surface area contributed by atoms with Gasteiger partial charge in [-0.2, -0.15) is 0 Å². The monoisotopic (exact) mass is 411 g/mol. The van der Waals surface area contributed by atoms with Gasteiger partial charge in [-0.1, -0.05) is 36.2 Å². The van der Waals surface area contributed by atoms with Gasteiger partial charge in [0.1, 0.15) is 0 Å². The molecule has 1 aliphatic carbocycles. The largest absolute Gasteiger partial charge is 0.367 e. The Morgan fingerprint density at radius 1 is 1.22 bits per heavy atom. The van der Waals surface area contributed by atoms with Crippen molar-refractivity contribution in [1.29, 1.82) is 0 Å². The number of hydrogen-bond donors (Lipinski definition) is 1. The van der Waals surface area contributed by atoms with Crippen molar-refractivity contribution >= 4 is 34.8 Å². The maximum atomic E-state index is 11.5. The SMILES string of the molecule is CCC(=O)NC1CCC(CCN(C)C2CN(c3cccc(Cl)c3Cl)C2)CC1. The minimum Gasteiger partial charge on any atom is -0.367 e. The smallest absolute Gasteiger partial charge is 0.219 e. The van der Waals surface area contributed by atoms with E-state index in [-0.39, 0.29) is 5.91 Å². The number of nitrogens with zero attached hydrogens (tertiary/aromatic N) is 2. The first-order valence-electron chi connectivity index (χ1n) is 10.2. The molecule has 1 heterocycles. The fraction of sp³-hybridized carbons (Fsp3) is 0.667. The fourth-order valence-electron chi connectivity index (χ4n) is 4.16. The normalized spacial score (nSPS) is 23.4. The van der Waals surface area contributed by atoms with E-state index in [0.29, 0.717) is 28.5 Å². The molecule has 1 amide bonds. The van der Waals surface area contributed by atoms with E-state index in [4.69, 9.17) is 23.2 Å². The van der Waals surface area contributed by atoms with Crippen LogP contribution in [0.4, 0.5) is 5.69 Å². The Morgan fingerprint density at radius 3 is 2.59 bits per heavy atom. The van der Waals surface area contributed by atoms with Crippen LogP contribution in [0.2, 0.25) is 10.0 Å². The molecule has 6 heteroatoms. The standard InChI is InChI=1S/C21H31Cl2N3O/c1-3-20(27)24-16-9-7-15(8-10-16)11-12-25(2)17-13-26(14-17)19-6-4-5-18(22)21(19)23/h4-6,15-17H,3,7-14H2,1-2H3,(H,24,27). The predicted octanol–water partition coefficient (Wildman–Crippen LogP) is 4.59. The Labute approximate surface area is 173 Å². The minimum atomic E-state index is 0.188. The van der Waals surface area contributed by atoms with E-state index in [1.54, 1.807) is 0 Å². The molecule has 0 spiro atoms. The van der Waals surface area contributed by atoms with Crippen molar-refractivity contribution in [1.82, 2.24) is 10.2 Å². The highest BCUT2D eigenvalue weighted by molar-refractivity contribution is 6.43. The summed E-state index contributed by atoms with van der Waals surface area (Å²) >= 11 is 12.5. The Kier molecular flexibility index (Phi) is 7.29. The highest BCUT2D eigenvalue weighted by Crippen LogP contribution is 2.35. The summed E-state index contributed by atoms with van der Waals surface area (Å²) in [7, 11) is 2.23. The van der Waals surface area contributed by atoms with Gasteiger partial charge in [0.25, 0.3) is 0 Å². The van der Waals surface area contributed by atoms with Crippen molar-refractivity contribution in [3.63, 3.8) is 0 Å². The summed E-state index contributed by atoms with van der Waals surface area (Å²) in [6.07, 6.45) is 6.56. The maximum Gasteiger partial charge on any atom is 0.219 e. The Hall–Kier alpha value is -0.970. The molecule has 0 bridgehead atoms. The number of likely N-dealkylation sites (N-methyl/N-ethyl adjacent to an activating group) is 1. The van der Waals surface area contributed by atoms with E-state index in [0.717, 1.165) is 44.1 Å². The summed E-state index contributed by atoms with van der Waals surface area (Å²) in [5.41, 5.74) is 1.04. The topological polar surface area (TPSA) is 35.6 Å². The fourth-order valence-corrected chi connectivity index (χ4v) is 4.58. The summed E-state index contributed by atoms with van der Waals surface area (Å²) < 4.78 is 0. The highest BCUT2D eigenvalue weighted by atomic mass is 35.5. The van der Waals surface area contributed by atoms with E-state index in [2.05, 4.69) is 22.2 Å². The second kappa shape index (κ2) is 9.49. The Balaban J connectivity index is 1.36. The summed E-state index contributed by atoms with van der Waals surface area (Å²) in [5, 5.41) is 4.43. The lowest BCUT2D eigenvalue weighted by Gasteiger charge is -2.46. The number of hydrogen-bond acceptors (Lipinski definition) is 3. The van der Waals surface area contributed by atoms with Gasteiger partial charge >= 0.3 is 0 Å². The summed E-state index contributed by atoms with van der Waals surface area (Å²) in [5.74, 6) is 0.980. The average molecular weight is 412 g/mol. The number of nitrogens with one attached hydrogen (secondary N) is 1. The zero-order valence-corrected chi connectivity index (χ0v) is 17.9. The molecular weight excluding hydrogens is 381 g/mol.